The van der Waals surface area contributed by atoms with Crippen LogP contribution >= 0.6 is 11.3 Å². The van der Waals surface area contributed by atoms with Crippen molar-refractivity contribution >= 4 is 17.2 Å². The summed E-state index contributed by atoms with van der Waals surface area (Å²) in [5.74, 6) is -1.31. The van der Waals surface area contributed by atoms with Gasteiger partial charge in [0, 0.05) is 32.3 Å². The molecule has 2 atom stereocenters. The Morgan fingerprint density at radius 1 is 1.24 bits per heavy atom. The van der Waals surface area contributed by atoms with Gasteiger partial charge < -0.3 is 19.3 Å². The Hall–Kier alpha value is -3.11. The highest BCUT2D eigenvalue weighted by Crippen LogP contribution is 2.34. The molecule has 0 aliphatic carbocycles. The number of carbonyl (C=O) groups is 1. The topological polar surface area (TPSA) is 97.6 Å². The minimum absolute atomic E-state index is 0.0368. The first-order valence-corrected chi connectivity index (χ1v) is 12.0. The zero-order chi connectivity index (χ0) is 24.6. The van der Waals surface area contributed by atoms with Gasteiger partial charge in [-0.05, 0) is 38.0 Å². The van der Waals surface area contributed by atoms with Crippen LogP contribution in [0.15, 0.2) is 35.3 Å². The van der Waals surface area contributed by atoms with E-state index in [4.69, 9.17) is 4.74 Å². The third-order valence-corrected chi connectivity index (χ3v) is 7.09. The highest BCUT2D eigenvalue weighted by molar-refractivity contribution is 7.14. The second kappa shape index (κ2) is 9.63. The fourth-order valence-electron chi connectivity index (χ4n) is 4.30. The number of hydrogen-bond donors (Lipinski definition) is 1. The number of nitrogens with zero attached hydrogens (tertiary/aromatic N) is 4. The predicted molar refractivity (Wildman–Crippen MR) is 127 cm³/mol. The smallest absolute Gasteiger partial charge is 0.274 e. The summed E-state index contributed by atoms with van der Waals surface area (Å²) in [6.07, 6.45) is 2.47. The first-order valence-electron chi connectivity index (χ1n) is 11.1. The van der Waals surface area contributed by atoms with Gasteiger partial charge in [0.05, 0.1) is 17.7 Å². The SMILES string of the molecule is CCC(OC)[C@H]1CN(C(C)C)C(=O)c2c(O)c(=O)c(-c3nnc(Cc4ccc(F)cc4)s3)cn21. The van der Waals surface area contributed by atoms with Gasteiger partial charge in [0.2, 0.25) is 5.43 Å². The fraction of sp³-hybridized carbons (Fsp3) is 0.417. The Labute approximate surface area is 200 Å². The zero-order valence-electron chi connectivity index (χ0n) is 19.5. The Balaban J connectivity index is 1.78. The minimum atomic E-state index is -0.668. The summed E-state index contributed by atoms with van der Waals surface area (Å²) < 4.78 is 20.5. The van der Waals surface area contributed by atoms with Crippen molar-refractivity contribution in [3.05, 3.63) is 62.8 Å². The van der Waals surface area contributed by atoms with E-state index in [-0.39, 0.29) is 35.3 Å². The standard InChI is InChI=1S/C24H27FN4O4S/c1-5-18(33-4)17-12-28(13(2)3)24(32)20-22(31)21(30)16(11-29(17)20)23-27-26-19(34-23)10-14-6-8-15(25)9-7-14/h6-9,11,13,17-18,31H,5,10,12H2,1-4H3/t17-,18?/m1/s1. The van der Waals surface area contributed by atoms with Crippen LogP contribution in [0.2, 0.25) is 0 Å². The van der Waals surface area contributed by atoms with Gasteiger partial charge in [0.15, 0.2) is 16.5 Å². The summed E-state index contributed by atoms with van der Waals surface area (Å²) in [5.41, 5.74) is 0.328. The van der Waals surface area contributed by atoms with Crippen molar-refractivity contribution in [2.45, 2.75) is 51.8 Å². The molecule has 0 saturated carbocycles. The molecule has 0 bridgehead atoms. The van der Waals surface area contributed by atoms with Gasteiger partial charge in [-0.15, -0.1) is 10.2 Å². The molecule has 0 saturated heterocycles. The average molecular weight is 487 g/mol. The number of pyridine rings is 1. The second-order valence-corrected chi connectivity index (χ2v) is 9.64. The molecule has 0 spiro atoms. The Kier molecular flexibility index (Phi) is 6.81. The molecule has 0 fully saturated rings. The molecule has 34 heavy (non-hydrogen) atoms. The van der Waals surface area contributed by atoms with E-state index in [1.54, 1.807) is 34.9 Å². The van der Waals surface area contributed by atoms with E-state index in [1.807, 2.05) is 20.8 Å². The highest BCUT2D eigenvalue weighted by atomic mass is 32.1. The van der Waals surface area contributed by atoms with E-state index in [1.165, 1.54) is 23.5 Å². The Morgan fingerprint density at radius 2 is 1.94 bits per heavy atom. The number of fused-ring (bicyclic) bond motifs is 1. The molecular weight excluding hydrogens is 459 g/mol. The van der Waals surface area contributed by atoms with Crippen LogP contribution in [-0.2, 0) is 11.2 Å². The van der Waals surface area contributed by atoms with Crippen molar-refractivity contribution in [2.75, 3.05) is 13.7 Å². The van der Waals surface area contributed by atoms with Crippen LogP contribution < -0.4 is 5.43 Å². The molecule has 180 valence electrons. The summed E-state index contributed by atoms with van der Waals surface area (Å²) in [5, 5.41) is 20.2. The van der Waals surface area contributed by atoms with Crippen LogP contribution in [0.5, 0.6) is 5.75 Å². The summed E-state index contributed by atoms with van der Waals surface area (Å²) in [7, 11) is 1.61. The van der Waals surface area contributed by atoms with Crippen molar-refractivity contribution in [1.29, 1.82) is 0 Å². The molecule has 1 amide bonds. The van der Waals surface area contributed by atoms with Crippen molar-refractivity contribution in [1.82, 2.24) is 19.7 Å². The predicted octanol–water partition coefficient (Wildman–Crippen LogP) is 3.63. The lowest BCUT2D eigenvalue weighted by Gasteiger charge is -2.41. The second-order valence-electron chi connectivity index (χ2n) is 8.58. The van der Waals surface area contributed by atoms with Gasteiger partial charge in [-0.3, -0.25) is 9.59 Å². The van der Waals surface area contributed by atoms with Crippen LogP contribution in [-0.4, -0.2) is 56.5 Å². The van der Waals surface area contributed by atoms with Crippen LogP contribution in [0.4, 0.5) is 4.39 Å². The van der Waals surface area contributed by atoms with Crippen LogP contribution in [0.1, 0.15) is 54.3 Å². The largest absolute Gasteiger partial charge is 0.503 e. The number of ether oxygens (including phenoxy) is 1. The van der Waals surface area contributed by atoms with Crippen molar-refractivity contribution in [3.8, 4) is 16.3 Å². The Morgan fingerprint density at radius 3 is 2.56 bits per heavy atom. The highest BCUT2D eigenvalue weighted by Gasteiger charge is 2.39. The quantitative estimate of drug-likeness (QED) is 0.548. The van der Waals surface area contributed by atoms with Crippen molar-refractivity contribution in [3.63, 3.8) is 0 Å². The number of rotatable bonds is 7. The summed E-state index contributed by atoms with van der Waals surface area (Å²) in [4.78, 5) is 27.9. The molecule has 2 aromatic heterocycles. The lowest BCUT2D eigenvalue weighted by Crippen LogP contribution is -2.50. The van der Waals surface area contributed by atoms with E-state index in [0.29, 0.717) is 29.4 Å². The van der Waals surface area contributed by atoms with E-state index in [0.717, 1.165) is 5.56 Å². The lowest BCUT2D eigenvalue weighted by atomic mass is 10.0. The minimum Gasteiger partial charge on any atom is -0.503 e. The van der Waals surface area contributed by atoms with Crippen molar-refractivity contribution < 1.29 is 19.0 Å². The first-order chi connectivity index (χ1) is 16.2. The molecule has 3 aromatic rings. The number of aromatic hydroxyl groups is 1. The molecule has 1 aromatic carbocycles. The van der Waals surface area contributed by atoms with E-state index in [2.05, 4.69) is 10.2 Å². The third kappa shape index (κ3) is 4.35. The third-order valence-electron chi connectivity index (χ3n) is 6.14. The molecule has 4 rings (SSSR count). The first kappa shape index (κ1) is 24.0. The maximum Gasteiger partial charge on any atom is 0.274 e. The van der Waals surface area contributed by atoms with E-state index >= 15 is 0 Å². The number of halogens is 1. The lowest BCUT2D eigenvalue weighted by molar-refractivity contribution is 0.0180. The molecule has 1 aliphatic rings. The maximum absolute atomic E-state index is 13.2. The molecule has 1 aliphatic heterocycles. The number of carbonyl (C=O) groups excluding carboxylic acids is 1. The number of aromatic nitrogens is 3. The van der Waals surface area contributed by atoms with Gasteiger partial charge in [-0.25, -0.2) is 4.39 Å². The zero-order valence-corrected chi connectivity index (χ0v) is 20.3. The van der Waals surface area contributed by atoms with Gasteiger partial charge in [0.1, 0.15) is 10.8 Å². The van der Waals surface area contributed by atoms with Gasteiger partial charge in [0.25, 0.3) is 5.91 Å². The normalized spacial score (nSPS) is 16.7. The fourth-order valence-corrected chi connectivity index (χ4v) is 5.18. The molecule has 1 unspecified atom stereocenters. The number of methoxy groups -OCH3 is 1. The van der Waals surface area contributed by atoms with Gasteiger partial charge >= 0.3 is 0 Å². The summed E-state index contributed by atoms with van der Waals surface area (Å²) >= 11 is 1.22. The number of amides is 1. The van der Waals surface area contributed by atoms with Crippen LogP contribution in [0.3, 0.4) is 0 Å². The van der Waals surface area contributed by atoms with Crippen molar-refractivity contribution in [2.24, 2.45) is 0 Å². The molecule has 8 nitrogen and oxygen atoms in total. The number of hydrogen-bond acceptors (Lipinski definition) is 7. The average Bonchev–Trinajstić information content (AvgIpc) is 3.27. The molecule has 1 N–H and O–H groups in total. The van der Waals surface area contributed by atoms with Crippen LogP contribution in [0.25, 0.3) is 10.6 Å². The summed E-state index contributed by atoms with van der Waals surface area (Å²) in [6.45, 7) is 6.17. The molecule has 10 heteroatoms. The van der Waals surface area contributed by atoms with Gasteiger partial charge in [-0.2, -0.15) is 0 Å². The Bertz CT molecular complexity index is 1250. The number of benzene rings is 1. The molecule has 0 radical (unpaired) electrons. The van der Waals surface area contributed by atoms with Gasteiger partial charge in [-0.1, -0.05) is 30.4 Å². The van der Waals surface area contributed by atoms with E-state index in [9.17, 15) is 19.1 Å². The molecule has 3 heterocycles. The monoisotopic (exact) mass is 486 g/mol. The van der Waals surface area contributed by atoms with E-state index < -0.39 is 17.1 Å². The maximum atomic E-state index is 13.2. The van der Waals surface area contributed by atoms with Crippen LogP contribution in [0, 0.1) is 5.82 Å². The summed E-state index contributed by atoms with van der Waals surface area (Å²) in [6, 6.07) is 5.70. The molecular formula is C24H27FN4O4S.